The van der Waals surface area contributed by atoms with Gasteiger partial charge in [-0.2, -0.15) is 0 Å². The van der Waals surface area contributed by atoms with Crippen molar-refractivity contribution < 1.29 is 4.79 Å². The molecule has 166 valence electrons. The van der Waals surface area contributed by atoms with Crippen molar-refractivity contribution in [2.45, 2.75) is 26.2 Å². The number of ketones is 1. The van der Waals surface area contributed by atoms with Crippen molar-refractivity contribution in [3.63, 3.8) is 0 Å². The molecule has 8 heteroatoms. The summed E-state index contributed by atoms with van der Waals surface area (Å²) in [6.07, 6.45) is 6.18. The third-order valence-corrected chi connectivity index (χ3v) is 5.04. The van der Waals surface area contributed by atoms with Crippen LogP contribution in [0.4, 0.5) is 0 Å². The normalized spacial score (nSPS) is 12.8. The van der Waals surface area contributed by atoms with Gasteiger partial charge < -0.3 is 15.0 Å². The monoisotopic (exact) mass is 441 g/mol. The smallest absolute Gasteiger partial charge is 0.272 e. The van der Waals surface area contributed by atoms with Crippen LogP contribution in [0, 0.1) is 0 Å². The topological polar surface area (TPSA) is 124 Å². The molecule has 4 aromatic rings. The molecule has 0 unspecified atom stereocenters. The largest absolute Gasteiger partial charge is 0.348 e. The number of H-pyrrole nitrogens is 3. The molecule has 1 aromatic carbocycles. The number of carbonyl (C=O) groups is 1. The maximum absolute atomic E-state index is 12.7. The number of hydrogen-bond acceptors (Lipinski definition) is 5. The number of benzene rings is 1. The Morgan fingerprint density at radius 1 is 0.909 bits per heavy atom. The minimum atomic E-state index is -0.463. The van der Waals surface area contributed by atoms with Crippen LogP contribution in [0.5, 0.6) is 0 Å². The molecule has 33 heavy (non-hydrogen) atoms. The zero-order valence-electron chi connectivity index (χ0n) is 18.5. The predicted octanol–water partition coefficient (Wildman–Crippen LogP) is 1.37. The summed E-state index contributed by atoms with van der Waals surface area (Å²) in [5.74, 6) is -0.230. The number of pyridine rings is 1. The molecule has 0 atom stereocenters. The fourth-order valence-electron chi connectivity index (χ4n) is 3.43. The second-order valence-electron chi connectivity index (χ2n) is 8.61. The quantitative estimate of drug-likeness (QED) is 0.413. The van der Waals surface area contributed by atoms with Gasteiger partial charge in [-0.15, -0.1) is 0 Å². The molecular formula is C25H23N5O3. The summed E-state index contributed by atoms with van der Waals surface area (Å²) < 4.78 is 0. The lowest BCUT2D eigenvalue weighted by Crippen LogP contribution is -2.46. The third-order valence-electron chi connectivity index (χ3n) is 5.04. The van der Waals surface area contributed by atoms with Crippen LogP contribution in [0.1, 0.15) is 53.8 Å². The van der Waals surface area contributed by atoms with Gasteiger partial charge in [0.2, 0.25) is 5.78 Å². The SMILES string of the molecule is CC(C)(C)c1[nH]cnc1/C=c1\[nH]c(=O)/c(=C/c2cccc(C(=O)c3ccccn3)c2)[nH]c1=O. The second kappa shape index (κ2) is 8.66. The summed E-state index contributed by atoms with van der Waals surface area (Å²) in [5, 5.41) is 0.187. The van der Waals surface area contributed by atoms with E-state index >= 15 is 0 Å². The number of rotatable bonds is 4. The molecule has 0 amide bonds. The average molecular weight is 441 g/mol. The van der Waals surface area contributed by atoms with Crippen LogP contribution < -0.4 is 21.8 Å². The van der Waals surface area contributed by atoms with Gasteiger partial charge in [-0.25, -0.2) is 4.98 Å². The van der Waals surface area contributed by atoms with Crippen LogP contribution in [-0.4, -0.2) is 30.7 Å². The van der Waals surface area contributed by atoms with Crippen LogP contribution in [-0.2, 0) is 5.41 Å². The van der Waals surface area contributed by atoms with Gasteiger partial charge in [0.1, 0.15) is 16.4 Å². The molecule has 8 nitrogen and oxygen atoms in total. The molecule has 0 saturated heterocycles. The fourth-order valence-corrected chi connectivity index (χ4v) is 3.43. The number of imidazole rings is 1. The highest BCUT2D eigenvalue weighted by Gasteiger charge is 2.19. The summed E-state index contributed by atoms with van der Waals surface area (Å²) in [4.78, 5) is 54.6. The number of nitrogens with one attached hydrogen (secondary N) is 3. The van der Waals surface area contributed by atoms with Gasteiger partial charge in [0.05, 0.1) is 12.0 Å². The first kappa shape index (κ1) is 21.9. The van der Waals surface area contributed by atoms with E-state index in [1.54, 1.807) is 61.1 Å². The number of hydrogen-bond donors (Lipinski definition) is 3. The Morgan fingerprint density at radius 3 is 2.30 bits per heavy atom. The van der Waals surface area contributed by atoms with Gasteiger partial charge in [-0.05, 0) is 35.9 Å². The van der Waals surface area contributed by atoms with Crippen molar-refractivity contribution in [2.24, 2.45) is 0 Å². The molecule has 0 radical (unpaired) electrons. The van der Waals surface area contributed by atoms with Crippen LogP contribution in [0.25, 0.3) is 12.2 Å². The Balaban J connectivity index is 1.74. The highest BCUT2D eigenvalue weighted by atomic mass is 16.1. The lowest BCUT2D eigenvalue weighted by atomic mass is 9.90. The van der Waals surface area contributed by atoms with Crippen molar-refractivity contribution in [3.8, 4) is 0 Å². The lowest BCUT2D eigenvalue weighted by molar-refractivity contribution is 0.103. The molecule has 0 saturated carbocycles. The number of aromatic amines is 3. The maximum atomic E-state index is 12.7. The first-order chi connectivity index (χ1) is 15.7. The molecule has 3 heterocycles. The van der Waals surface area contributed by atoms with Gasteiger partial charge in [-0.1, -0.05) is 45.0 Å². The van der Waals surface area contributed by atoms with E-state index in [2.05, 4.69) is 24.9 Å². The highest BCUT2D eigenvalue weighted by molar-refractivity contribution is 6.07. The van der Waals surface area contributed by atoms with Crippen LogP contribution >= 0.6 is 0 Å². The lowest BCUT2D eigenvalue weighted by Gasteiger charge is -2.16. The number of carbonyl (C=O) groups excluding carboxylic acids is 1. The van der Waals surface area contributed by atoms with E-state index in [1.165, 1.54) is 6.08 Å². The fraction of sp³-hybridized carbons (Fsp3) is 0.160. The van der Waals surface area contributed by atoms with Crippen molar-refractivity contribution in [1.82, 2.24) is 24.9 Å². The molecule has 0 aliphatic heterocycles. The standard InChI is InChI=1S/C25H23N5O3/c1-25(2,3)22-18(27-14-28-22)13-20-24(33)29-19(23(32)30-20)12-15-7-6-8-16(11-15)21(31)17-9-4-5-10-26-17/h4-14H,1-3H3,(H,27,28)(H,29,33)(H,30,32)/b19-12-,20-13-. The molecular weight excluding hydrogens is 418 g/mol. The minimum absolute atomic E-state index is 0.0812. The summed E-state index contributed by atoms with van der Waals surface area (Å²) >= 11 is 0. The second-order valence-corrected chi connectivity index (χ2v) is 8.61. The minimum Gasteiger partial charge on any atom is -0.348 e. The Hall–Kier alpha value is -4.33. The summed E-state index contributed by atoms with van der Waals surface area (Å²) in [7, 11) is 0. The molecule has 3 aromatic heterocycles. The summed E-state index contributed by atoms with van der Waals surface area (Å²) in [6.45, 7) is 6.07. The van der Waals surface area contributed by atoms with Gasteiger partial charge in [0.15, 0.2) is 0 Å². The predicted molar refractivity (Wildman–Crippen MR) is 125 cm³/mol. The van der Waals surface area contributed by atoms with Gasteiger partial charge in [-0.3, -0.25) is 19.4 Å². The molecule has 0 fully saturated rings. The zero-order valence-corrected chi connectivity index (χ0v) is 18.5. The van der Waals surface area contributed by atoms with E-state index in [0.29, 0.717) is 22.5 Å². The van der Waals surface area contributed by atoms with Gasteiger partial charge in [0.25, 0.3) is 11.1 Å². The highest BCUT2D eigenvalue weighted by Crippen LogP contribution is 2.22. The van der Waals surface area contributed by atoms with Crippen molar-refractivity contribution in [3.05, 3.63) is 115 Å². The first-order valence-electron chi connectivity index (χ1n) is 10.4. The molecule has 3 N–H and O–H groups in total. The van der Waals surface area contributed by atoms with E-state index in [9.17, 15) is 14.4 Å². The number of nitrogens with zero attached hydrogens (tertiary/aromatic N) is 2. The zero-order chi connectivity index (χ0) is 23.6. The average Bonchev–Trinajstić information content (AvgIpc) is 3.26. The molecule has 0 aliphatic rings. The maximum Gasteiger partial charge on any atom is 0.272 e. The van der Waals surface area contributed by atoms with Crippen molar-refractivity contribution >= 4 is 17.9 Å². The summed E-state index contributed by atoms with van der Waals surface area (Å²) in [6, 6.07) is 11.9. The third kappa shape index (κ3) is 4.79. The van der Waals surface area contributed by atoms with Crippen molar-refractivity contribution in [2.75, 3.05) is 0 Å². The van der Waals surface area contributed by atoms with E-state index in [4.69, 9.17) is 0 Å². The Bertz CT molecular complexity index is 1550. The number of aromatic nitrogens is 5. The van der Waals surface area contributed by atoms with Gasteiger partial charge >= 0.3 is 0 Å². The Labute approximate surface area is 188 Å². The van der Waals surface area contributed by atoms with Gasteiger partial charge in [0, 0.05) is 22.9 Å². The van der Waals surface area contributed by atoms with Crippen LogP contribution in [0.3, 0.4) is 0 Å². The Morgan fingerprint density at radius 2 is 1.64 bits per heavy atom. The van der Waals surface area contributed by atoms with E-state index < -0.39 is 11.1 Å². The first-order valence-corrected chi connectivity index (χ1v) is 10.4. The van der Waals surface area contributed by atoms with Crippen molar-refractivity contribution in [1.29, 1.82) is 0 Å². The Kier molecular flexibility index (Phi) is 5.74. The molecule has 0 aliphatic carbocycles. The van der Waals surface area contributed by atoms with E-state index in [0.717, 1.165) is 5.69 Å². The van der Waals surface area contributed by atoms with E-state index in [1.807, 2.05) is 20.8 Å². The van der Waals surface area contributed by atoms with Crippen LogP contribution in [0.2, 0.25) is 0 Å². The summed E-state index contributed by atoms with van der Waals surface area (Å²) in [5.41, 5.74) is 1.67. The molecule has 4 rings (SSSR count). The molecule has 0 spiro atoms. The van der Waals surface area contributed by atoms with E-state index in [-0.39, 0.29) is 21.9 Å². The molecule has 0 bridgehead atoms. The van der Waals surface area contributed by atoms with Crippen LogP contribution in [0.15, 0.2) is 64.6 Å².